The van der Waals surface area contributed by atoms with Gasteiger partial charge in [0.25, 0.3) is 0 Å². The van der Waals surface area contributed by atoms with Gasteiger partial charge >= 0.3 is 6.09 Å². The van der Waals surface area contributed by atoms with Crippen LogP contribution in [0.15, 0.2) is 82.8 Å². The molecule has 2 aliphatic heterocycles. The van der Waals surface area contributed by atoms with Gasteiger partial charge in [-0.2, -0.15) is 4.31 Å². The SMILES string of the molecule is CC(C)(C)C1(CCc2c(F)cccc2NC(=O)C(N=[N+]=[N-])C(c2ccc(Cl)cc2)C2CCOCC2)CN(C(=O)O)CC2(CC2)N1S(=O)(=O)c1ccccc1. The molecule has 3 unspecified atom stereocenters. The number of hydrogen-bond donors (Lipinski definition) is 2. The maximum absolute atomic E-state index is 16.0. The Labute approximate surface area is 320 Å². The highest BCUT2D eigenvalue weighted by atomic mass is 35.5. The van der Waals surface area contributed by atoms with Gasteiger partial charge in [-0.25, -0.2) is 17.6 Å². The van der Waals surface area contributed by atoms with E-state index in [9.17, 15) is 28.6 Å². The molecule has 3 fully saturated rings. The zero-order valence-electron chi connectivity index (χ0n) is 30.6. The maximum Gasteiger partial charge on any atom is 0.407 e. The van der Waals surface area contributed by atoms with Crippen molar-refractivity contribution in [1.82, 2.24) is 9.21 Å². The van der Waals surface area contributed by atoms with Gasteiger partial charge in [0.2, 0.25) is 15.9 Å². The minimum Gasteiger partial charge on any atom is -0.465 e. The number of benzene rings is 3. The summed E-state index contributed by atoms with van der Waals surface area (Å²) >= 11 is 6.19. The van der Waals surface area contributed by atoms with Gasteiger partial charge in [0.05, 0.1) is 16.0 Å². The van der Waals surface area contributed by atoms with Crippen LogP contribution in [-0.2, 0) is 26.0 Å². The van der Waals surface area contributed by atoms with Crippen molar-refractivity contribution in [2.24, 2.45) is 16.4 Å². The molecule has 1 spiro atoms. The summed E-state index contributed by atoms with van der Waals surface area (Å²) in [6, 6.07) is 18.2. The molecule has 3 aromatic rings. The lowest BCUT2D eigenvalue weighted by molar-refractivity contribution is -0.118. The molecular weight excluding hydrogens is 735 g/mol. The van der Waals surface area contributed by atoms with Crippen molar-refractivity contribution >= 4 is 39.3 Å². The van der Waals surface area contributed by atoms with Crippen LogP contribution >= 0.6 is 11.6 Å². The summed E-state index contributed by atoms with van der Waals surface area (Å²) in [6.45, 7) is 6.50. The summed E-state index contributed by atoms with van der Waals surface area (Å²) in [6.07, 6.45) is 1.05. The van der Waals surface area contributed by atoms with Crippen LogP contribution in [0.2, 0.25) is 5.02 Å². The Morgan fingerprint density at radius 2 is 1.72 bits per heavy atom. The second-order valence-corrected chi connectivity index (χ2v) is 17.9. The molecule has 15 heteroatoms. The number of carbonyl (C=O) groups excluding carboxylic acids is 1. The fourth-order valence-corrected chi connectivity index (χ4v) is 11.0. The van der Waals surface area contributed by atoms with Crippen LogP contribution < -0.4 is 5.32 Å². The van der Waals surface area contributed by atoms with Crippen LogP contribution in [0, 0.1) is 17.2 Å². The van der Waals surface area contributed by atoms with Crippen LogP contribution in [0.5, 0.6) is 0 Å². The van der Waals surface area contributed by atoms with Gasteiger partial charge in [-0.1, -0.05) is 73.9 Å². The summed E-state index contributed by atoms with van der Waals surface area (Å²) in [5.41, 5.74) is 7.58. The first kappa shape index (κ1) is 39.5. The van der Waals surface area contributed by atoms with Gasteiger partial charge in [-0.05, 0) is 97.4 Å². The molecule has 2 N–H and O–H groups in total. The number of nitrogens with zero attached hydrogens (tertiary/aromatic N) is 5. The third kappa shape index (κ3) is 7.67. The number of rotatable bonds is 11. The molecule has 1 saturated carbocycles. The molecule has 0 radical (unpaired) electrons. The number of nitrogens with one attached hydrogen (secondary N) is 1. The lowest BCUT2D eigenvalue weighted by atomic mass is 9.68. The van der Waals surface area contributed by atoms with Gasteiger partial charge < -0.3 is 20.1 Å². The molecule has 2 heterocycles. The first-order valence-corrected chi connectivity index (χ1v) is 20.0. The largest absolute Gasteiger partial charge is 0.465 e. The van der Waals surface area contributed by atoms with Gasteiger partial charge in [0, 0.05) is 53.4 Å². The van der Waals surface area contributed by atoms with Crippen molar-refractivity contribution in [3.8, 4) is 0 Å². The van der Waals surface area contributed by atoms with E-state index in [0.717, 1.165) is 5.56 Å². The smallest absolute Gasteiger partial charge is 0.407 e. The first-order chi connectivity index (χ1) is 25.6. The second-order valence-electron chi connectivity index (χ2n) is 15.7. The monoisotopic (exact) mass is 780 g/mol. The number of amides is 2. The van der Waals surface area contributed by atoms with Crippen LogP contribution in [-0.4, -0.2) is 78.2 Å². The zero-order valence-corrected chi connectivity index (χ0v) is 32.2. The number of carbonyl (C=O) groups is 2. The minimum absolute atomic E-state index is 0.0237. The Balaban J connectivity index is 1.38. The van der Waals surface area contributed by atoms with Gasteiger partial charge in [0.15, 0.2) is 0 Å². The number of anilines is 1. The Hall–Kier alpha value is -4.20. The first-order valence-electron chi connectivity index (χ1n) is 18.2. The minimum atomic E-state index is -4.17. The van der Waals surface area contributed by atoms with Gasteiger partial charge in [0.1, 0.15) is 11.9 Å². The number of hydrogen-bond acceptors (Lipinski definition) is 6. The highest BCUT2D eigenvalue weighted by Gasteiger charge is 2.67. The number of carboxylic acid groups (broad SMARTS) is 1. The normalized spacial score (nSPS) is 21.5. The molecule has 2 amide bonds. The molecule has 288 valence electrons. The Morgan fingerprint density at radius 1 is 1.06 bits per heavy atom. The van der Waals surface area contributed by atoms with Crippen molar-refractivity contribution in [3.05, 3.63) is 105 Å². The molecule has 2 saturated heterocycles. The van der Waals surface area contributed by atoms with Crippen molar-refractivity contribution in [3.63, 3.8) is 0 Å². The number of ether oxygens (including phenoxy) is 1. The number of piperazine rings is 1. The van der Waals surface area contributed by atoms with Crippen LogP contribution in [0.4, 0.5) is 14.9 Å². The van der Waals surface area contributed by atoms with Crippen molar-refractivity contribution < 1.29 is 32.2 Å². The Kier molecular flexibility index (Phi) is 11.3. The quantitative estimate of drug-likeness (QED) is 0.113. The summed E-state index contributed by atoms with van der Waals surface area (Å²) in [7, 11) is -4.17. The van der Waals surface area contributed by atoms with Crippen molar-refractivity contribution in [2.45, 2.75) is 87.2 Å². The number of halogens is 2. The van der Waals surface area contributed by atoms with Crippen LogP contribution in [0.25, 0.3) is 10.4 Å². The summed E-state index contributed by atoms with van der Waals surface area (Å²) in [4.78, 5) is 31.3. The second kappa shape index (κ2) is 15.5. The van der Waals surface area contributed by atoms with Gasteiger partial charge in [-0.3, -0.25) is 4.79 Å². The molecule has 54 heavy (non-hydrogen) atoms. The Bertz CT molecular complexity index is 2010. The zero-order chi connectivity index (χ0) is 38.9. The average molecular weight is 781 g/mol. The predicted octanol–water partition coefficient (Wildman–Crippen LogP) is 8.24. The average Bonchev–Trinajstić information content (AvgIpc) is 3.90. The summed E-state index contributed by atoms with van der Waals surface area (Å²) in [5, 5.41) is 17.7. The van der Waals surface area contributed by atoms with E-state index in [4.69, 9.17) is 16.3 Å². The number of azide groups is 1. The van der Waals surface area contributed by atoms with Gasteiger partial charge in [-0.15, -0.1) is 0 Å². The van der Waals surface area contributed by atoms with E-state index in [2.05, 4.69) is 15.3 Å². The maximum atomic E-state index is 16.0. The van der Waals surface area contributed by atoms with E-state index in [-0.39, 0.29) is 48.0 Å². The lowest BCUT2D eigenvalue weighted by Crippen LogP contribution is -2.74. The molecule has 0 aromatic heterocycles. The molecule has 1 aliphatic carbocycles. The Morgan fingerprint density at radius 3 is 2.31 bits per heavy atom. The third-order valence-electron chi connectivity index (χ3n) is 11.5. The van der Waals surface area contributed by atoms with E-state index < -0.39 is 56.3 Å². The molecule has 3 atom stereocenters. The molecule has 0 bridgehead atoms. The van der Waals surface area contributed by atoms with E-state index in [0.29, 0.717) is 43.9 Å². The van der Waals surface area contributed by atoms with Crippen LogP contribution in [0.3, 0.4) is 0 Å². The van der Waals surface area contributed by atoms with Crippen LogP contribution in [0.1, 0.15) is 69.9 Å². The van der Waals surface area contributed by atoms with E-state index in [1.165, 1.54) is 29.2 Å². The molecule has 6 rings (SSSR count). The van der Waals surface area contributed by atoms with Crippen molar-refractivity contribution in [1.29, 1.82) is 0 Å². The molecule has 12 nitrogen and oxygen atoms in total. The topological polar surface area (TPSA) is 165 Å². The van der Waals surface area contributed by atoms with E-state index in [1.54, 1.807) is 40.7 Å². The summed E-state index contributed by atoms with van der Waals surface area (Å²) in [5.74, 6) is -1.84. The van der Waals surface area contributed by atoms with Crippen molar-refractivity contribution in [2.75, 3.05) is 31.6 Å². The van der Waals surface area contributed by atoms with E-state index in [1.807, 2.05) is 32.9 Å². The molecule has 3 aromatic carbocycles. The molecular formula is C39H46ClFN6O6S. The van der Waals surface area contributed by atoms with E-state index >= 15 is 4.39 Å². The fraction of sp³-hybridized carbons (Fsp3) is 0.487. The predicted molar refractivity (Wildman–Crippen MR) is 203 cm³/mol. The number of sulfonamides is 1. The lowest BCUT2D eigenvalue weighted by Gasteiger charge is -2.59. The summed E-state index contributed by atoms with van der Waals surface area (Å²) < 4.78 is 52.6. The standard InChI is InChI=1S/C39H46ClFN6O6S/c1-37(2,3)39(25-46(36(49)50)24-38(20-21-38)47(39)54(51,52)29-8-5-4-6-9-29)19-16-30-31(41)10-7-11-32(30)43-35(48)34(44-45-42)33(27-17-22-53-23-18-27)26-12-14-28(40)15-13-26/h4-15,27,33-34H,16-25H2,1-3H3,(H,43,48)(H,49,50). The molecule has 3 aliphatic rings. The highest BCUT2D eigenvalue weighted by Crippen LogP contribution is 2.57. The fourth-order valence-electron chi connectivity index (χ4n) is 8.51. The highest BCUT2D eigenvalue weighted by molar-refractivity contribution is 7.89. The third-order valence-corrected chi connectivity index (χ3v) is 13.8.